The number of hydrogen-bond acceptors (Lipinski definition) is 5. The van der Waals surface area contributed by atoms with Gasteiger partial charge in [0.15, 0.2) is 0 Å². The molecule has 0 saturated carbocycles. The fourth-order valence-corrected chi connectivity index (χ4v) is 5.19. The van der Waals surface area contributed by atoms with Crippen molar-refractivity contribution in [3.63, 3.8) is 0 Å². The third-order valence-corrected chi connectivity index (χ3v) is 6.89. The van der Waals surface area contributed by atoms with Gasteiger partial charge in [-0.05, 0) is 42.3 Å². The number of thioether (sulfide) groups is 1. The highest BCUT2D eigenvalue weighted by Crippen LogP contribution is 2.44. The van der Waals surface area contributed by atoms with E-state index in [1.807, 2.05) is 84.9 Å². The summed E-state index contributed by atoms with van der Waals surface area (Å²) in [5, 5.41) is 15.3. The van der Waals surface area contributed by atoms with Crippen LogP contribution in [0.5, 0.6) is 0 Å². The van der Waals surface area contributed by atoms with Gasteiger partial charge in [-0.25, -0.2) is 4.79 Å². The van der Waals surface area contributed by atoms with E-state index in [4.69, 9.17) is 16.3 Å². The number of rotatable bonds is 6. The van der Waals surface area contributed by atoms with Crippen LogP contribution in [0.15, 0.2) is 101 Å². The van der Waals surface area contributed by atoms with E-state index in [0.29, 0.717) is 5.02 Å². The molecule has 3 aromatic rings. The molecule has 164 valence electrons. The number of hydrogen-bond donors (Lipinski definition) is 2. The molecule has 2 N–H and O–H groups in total. The van der Waals surface area contributed by atoms with Crippen LogP contribution in [0.3, 0.4) is 0 Å². The van der Waals surface area contributed by atoms with Gasteiger partial charge >= 0.3 is 5.97 Å². The molecular formula is C26H24ClNO3S. The standard InChI is InChI=1S/C26H24ClNO3S/c1-2-31-26(30)21-22(17-9-5-3-6-10-17)28-23(18-11-7-4-8-12-18)25(24(21)29)32-20-15-13-19(27)14-16-20/h3-16,22-23,25,28-29H,2H2,1H3/t22-,23+,25-/m1/s1. The molecule has 0 aliphatic carbocycles. The number of nitrogens with one attached hydrogen (secondary N) is 1. The molecule has 1 aliphatic heterocycles. The highest BCUT2D eigenvalue weighted by atomic mass is 35.5. The molecule has 1 aliphatic rings. The van der Waals surface area contributed by atoms with Crippen LogP contribution in [0.1, 0.15) is 30.1 Å². The summed E-state index contributed by atoms with van der Waals surface area (Å²) in [4.78, 5) is 13.9. The molecule has 0 fully saturated rings. The second kappa shape index (κ2) is 10.3. The van der Waals surface area contributed by atoms with Crippen molar-refractivity contribution in [1.82, 2.24) is 5.32 Å². The number of esters is 1. The lowest BCUT2D eigenvalue weighted by atomic mass is 9.88. The van der Waals surface area contributed by atoms with E-state index in [1.165, 1.54) is 11.8 Å². The van der Waals surface area contributed by atoms with Gasteiger partial charge in [0, 0.05) is 9.92 Å². The monoisotopic (exact) mass is 465 g/mol. The first kappa shape index (κ1) is 22.5. The first-order chi connectivity index (χ1) is 15.6. The maximum Gasteiger partial charge on any atom is 0.339 e. The summed E-state index contributed by atoms with van der Waals surface area (Å²) in [6, 6.07) is 26.3. The Balaban J connectivity index is 1.83. The van der Waals surface area contributed by atoms with Crippen LogP contribution in [-0.2, 0) is 9.53 Å². The van der Waals surface area contributed by atoms with Gasteiger partial charge in [0.05, 0.1) is 29.5 Å². The van der Waals surface area contributed by atoms with E-state index >= 15 is 0 Å². The molecule has 0 spiro atoms. The zero-order valence-electron chi connectivity index (χ0n) is 17.6. The van der Waals surface area contributed by atoms with E-state index in [1.54, 1.807) is 6.92 Å². The van der Waals surface area contributed by atoms with E-state index in [0.717, 1.165) is 16.0 Å². The lowest BCUT2D eigenvalue weighted by molar-refractivity contribution is -0.139. The lowest BCUT2D eigenvalue weighted by Crippen LogP contribution is -2.43. The van der Waals surface area contributed by atoms with Crippen molar-refractivity contribution < 1.29 is 14.6 Å². The lowest BCUT2D eigenvalue weighted by Gasteiger charge is -2.38. The van der Waals surface area contributed by atoms with E-state index in [2.05, 4.69) is 5.32 Å². The summed E-state index contributed by atoms with van der Waals surface area (Å²) in [6.07, 6.45) is 0. The predicted octanol–water partition coefficient (Wildman–Crippen LogP) is 6.26. The quantitative estimate of drug-likeness (QED) is 0.420. The fraction of sp³-hybridized carbons (Fsp3) is 0.192. The first-order valence-electron chi connectivity index (χ1n) is 10.5. The number of carbonyl (C=O) groups is 1. The normalized spacial score (nSPS) is 20.8. The molecule has 6 heteroatoms. The molecule has 0 radical (unpaired) electrons. The molecule has 4 rings (SSSR count). The molecule has 1 heterocycles. The molecule has 0 amide bonds. The third-order valence-electron chi connectivity index (χ3n) is 5.35. The van der Waals surface area contributed by atoms with Gasteiger partial charge in [0.2, 0.25) is 0 Å². The van der Waals surface area contributed by atoms with Gasteiger partial charge in [-0.1, -0.05) is 72.3 Å². The molecule has 32 heavy (non-hydrogen) atoms. The van der Waals surface area contributed by atoms with E-state index < -0.39 is 17.3 Å². The average molecular weight is 466 g/mol. The summed E-state index contributed by atoms with van der Waals surface area (Å²) < 4.78 is 5.34. The van der Waals surface area contributed by atoms with Crippen molar-refractivity contribution >= 4 is 29.3 Å². The Morgan fingerprint density at radius 2 is 1.56 bits per heavy atom. The molecule has 3 atom stereocenters. The Kier molecular flexibility index (Phi) is 7.20. The van der Waals surface area contributed by atoms with Crippen LogP contribution >= 0.6 is 23.4 Å². The van der Waals surface area contributed by atoms with Crippen molar-refractivity contribution in [2.45, 2.75) is 29.2 Å². The zero-order valence-corrected chi connectivity index (χ0v) is 19.1. The Morgan fingerprint density at radius 3 is 2.16 bits per heavy atom. The Morgan fingerprint density at radius 1 is 0.969 bits per heavy atom. The highest BCUT2D eigenvalue weighted by Gasteiger charge is 2.42. The minimum atomic E-state index is -0.514. The fourth-order valence-electron chi connectivity index (χ4n) is 3.86. The van der Waals surface area contributed by atoms with Gasteiger partial charge in [-0.2, -0.15) is 0 Å². The summed E-state index contributed by atoms with van der Waals surface area (Å²) in [5.74, 6) is -0.482. The average Bonchev–Trinajstić information content (AvgIpc) is 2.82. The Labute approximate surface area is 197 Å². The number of halogens is 1. The first-order valence-corrected chi connectivity index (χ1v) is 11.7. The van der Waals surface area contributed by atoms with Crippen LogP contribution < -0.4 is 5.32 Å². The Bertz CT molecular complexity index is 1090. The van der Waals surface area contributed by atoms with E-state index in [9.17, 15) is 9.90 Å². The highest BCUT2D eigenvalue weighted by molar-refractivity contribution is 8.00. The molecule has 3 aromatic carbocycles. The SMILES string of the molecule is CCOC(=O)C1=C(O)[C@H](Sc2ccc(Cl)cc2)[C@H](c2ccccc2)N[C@@H]1c1ccccc1. The maximum absolute atomic E-state index is 13.0. The van der Waals surface area contributed by atoms with Gasteiger partial charge in [0.1, 0.15) is 5.76 Å². The second-order valence-electron chi connectivity index (χ2n) is 7.41. The van der Waals surface area contributed by atoms with Crippen molar-refractivity contribution in [2.24, 2.45) is 0 Å². The molecular weight excluding hydrogens is 442 g/mol. The van der Waals surface area contributed by atoms with Crippen LogP contribution in [0.4, 0.5) is 0 Å². The second-order valence-corrected chi connectivity index (χ2v) is 9.06. The van der Waals surface area contributed by atoms with Crippen molar-refractivity contribution in [1.29, 1.82) is 0 Å². The summed E-state index contributed by atoms with van der Waals surface area (Å²) in [5.41, 5.74) is 2.16. The summed E-state index contributed by atoms with van der Waals surface area (Å²) >= 11 is 7.54. The van der Waals surface area contributed by atoms with Crippen LogP contribution in [0.2, 0.25) is 5.02 Å². The van der Waals surface area contributed by atoms with E-state index in [-0.39, 0.29) is 24.0 Å². The zero-order chi connectivity index (χ0) is 22.5. The maximum atomic E-state index is 13.0. The Hall–Kier alpha value is -2.73. The number of aliphatic hydroxyl groups is 1. The predicted molar refractivity (Wildman–Crippen MR) is 129 cm³/mol. The minimum Gasteiger partial charge on any atom is -0.510 e. The van der Waals surface area contributed by atoms with Crippen molar-refractivity contribution in [2.75, 3.05) is 6.61 Å². The van der Waals surface area contributed by atoms with Crippen LogP contribution in [-0.4, -0.2) is 22.9 Å². The largest absolute Gasteiger partial charge is 0.510 e. The van der Waals surface area contributed by atoms with Gasteiger partial charge in [0.25, 0.3) is 0 Å². The number of carbonyl (C=O) groups excluding carboxylic acids is 1. The van der Waals surface area contributed by atoms with Gasteiger partial charge in [-0.3, -0.25) is 5.32 Å². The molecule has 4 nitrogen and oxygen atoms in total. The molecule has 0 unspecified atom stereocenters. The number of aliphatic hydroxyl groups excluding tert-OH is 1. The van der Waals surface area contributed by atoms with Crippen LogP contribution in [0.25, 0.3) is 0 Å². The summed E-state index contributed by atoms with van der Waals surface area (Å²) in [6.45, 7) is 1.99. The molecule has 0 aromatic heterocycles. The minimum absolute atomic E-state index is 0.0323. The van der Waals surface area contributed by atoms with Crippen molar-refractivity contribution in [3.8, 4) is 0 Å². The number of ether oxygens (including phenoxy) is 1. The van der Waals surface area contributed by atoms with Gasteiger partial charge in [-0.15, -0.1) is 11.8 Å². The van der Waals surface area contributed by atoms with Crippen LogP contribution in [0, 0.1) is 0 Å². The molecule has 0 bridgehead atoms. The van der Waals surface area contributed by atoms with Gasteiger partial charge < -0.3 is 9.84 Å². The topological polar surface area (TPSA) is 58.6 Å². The molecule has 0 saturated heterocycles. The number of benzene rings is 3. The summed E-state index contributed by atoms with van der Waals surface area (Å²) in [7, 11) is 0. The third kappa shape index (κ3) is 4.85. The smallest absolute Gasteiger partial charge is 0.339 e. The van der Waals surface area contributed by atoms with Crippen molar-refractivity contribution in [3.05, 3.63) is 112 Å².